The average Bonchev–Trinajstić information content (AvgIpc) is 2.80. The van der Waals surface area contributed by atoms with Crippen molar-refractivity contribution in [1.29, 1.82) is 0 Å². The molecule has 1 aromatic carbocycles. The predicted molar refractivity (Wildman–Crippen MR) is 74.9 cm³/mol. The standard InChI is InChI=1S/C15H21NO4/c1-10-6-12(7-11(2)13(10)17)8-16-5-4-15(9-16,20-3)14(18)19/h6-7,17H,4-5,8-9H2,1-3H3,(H,18,19). The van der Waals surface area contributed by atoms with Gasteiger partial charge in [-0.3, -0.25) is 4.90 Å². The maximum Gasteiger partial charge on any atom is 0.337 e. The minimum atomic E-state index is -1.08. The fraction of sp³-hybridized carbons (Fsp3) is 0.533. The van der Waals surface area contributed by atoms with Crippen LogP contribution in [-0.2, 0) is 16.1 Å². The fourth-order valence-electron chi connectivity index (χ4n) is 2.82. The zero-order chi connectivity index (χ0) is 14.9. The average molecular weight is 279 g/mol. The number of likely N-dealkylation sites (tertiary alicyclic amines) is 1. The highest BCUT2D eigenvalue weighted by molar-refractivity contribution is 5.78. The summed E-state index contributed by atoms with van der Waals surface area (Å²) in [7, 11) is 1.45. The van der Waals surface area contributed by atoms with Crippen LogP contribution in [0.3, 0.4) is 0 Å². The second kappa shape index (κ2) is 5.42. The molecule has 0 amide bonds. The number of hydrogen-bond donors (Lipinski definition) is 2. The summed E-state index contributed by atoms with van der Waals surface area (Å²) in [6.07, 6.45) is 0.495. The van der Waals surface area contributed by atoms with Gasteiger partial charge in [0.05, 0.1) is 0 Å². The van der Waals surface area contributed by atoms with Crippen LogP contribution in [0.25, 0.3) is 0 Å². The Morgan fingerprint density at radius 2 is 2.00 bits per heavy atom. The Bertz CT molecular complexity index is 506. The van der Waals surface area contributed by atoms with Gasteiger partial charge >= 0.3 is 5.97 Å². The zero-order valence-electron chi connectivity index (χ0n) is 12.1. The van der Waals surface area contributed by atoms with Crippen LogP contribution in [0.1, 0.15) is 23.1 Å². The molecule has 1 aliphatic heterocycles. The molecule has 20 heavy (non-hydrogen) atoms. The maximum atomic E-state index is 11.3. The number of aryl methyl sites for hydroxylation is 2. The summed E-state index contributed by atoms with van der Waals surface area (Å²) in [6.45, 7) is 5.48. The highest BCUT2D eigenvalue weighted by atomic mass is 16.5. The zero-order valence-corrected chi connectivity index (χ0v) is 12.1. The van der Waals surface area contributed by atoms with Crippen LogP contribution in [0.15, 0.2) is 12.1 Å². The number of carboxylic acids is 1. The van der Waals surface area contributed by atoms with Crippen molar-refractivity contribution in [3.05, 3.63) is 28.8 Å². The van der Waals surface area contributed by atoms with Crippen LogP contribution in [0.5, 0.6) is 5.75 Å². The number of carbonyl (C=O) groups is 1. The van der Waals surface area contributed by atoms with E-state index in [0.29, 0.717) is 31.8 Å². The van der Waals surface area contributed by atoms with Gasteiger partial charge in [-0.2, -0.15) is 0 Å². The SMILES string of the molecule is COC1(C(=O)O)CCN(Cc2cc(C)c(O)c(C)c2)C1. The van der Waals surface area contributed by atoms with E-state index in [-0.39, 0.29) is 0 Å². The molecular weight excluding hydrogens is 258 g/mol. The molecule has 0 aliphatic carbocycles. The van der Waals surface area contributed by atoms with Crippen molar-refractivity contribution in [3.8, 4) is 5.75 Å². The highest BCUT2D eigenvalue weighted by Crippen LogP contribution is 2.28. The summed E-state index contributed by atoms with van der Waals surface area (Å²) in [6, 6.07) is 3.88. The Balaban J connectivity index is 2.11. The van der Waals surface area contributed by atoms with Crippen molar-refractivity contribution in [3.63, 3.8) is 0 Å². The van der Waals surface area contributed by atoms with Gasteiger partial charge in [-0.25, -0.2) is 4.79 Å². The molecule has 0 radical (unpaired) electrons. The van der Waals surface area contributed by atoms with Gasteiger partial charge in [0.1, 0.15) is 5.75 Å². The van der Waals surface area contributed by atoms with E-state index >= 15 is 0 Å². The number of carboxylic acid groups (broad SMARTS) is 1. The van der Waals surface area contributed by atoms with E-state index in [1.165, 1.54) is 7.11 Å². The molecule has 2 N–H and O–H groups in total. The Morgan fingerprint density at radius 1 is 1.40 bits per heavy atom. The molecule has 1 atom stereocenters. The summed E-state index contributed by atoms with van der Waals surface area (Å²) in [5.41, 5.74) is 1.68. The second-order valence-electron chi connectivity index (χ2n) is 5.54. The van der Waals surface area contributed by atoms with Crippen LogP contribution in [0.4, 0.5) is 0 Å². The molecule has 1 saturated heterocycles. The molecule has 1 heterocycles. The summed E-state index contributed by atoms with van der Waals surface area (Å²) >= 11 is 0. The molecule has 1 unspecified atom stereocenters. The van der Waals surface area contributed by atoms with Gasteiger partial charge in [0.2, 0.25) is 0 Å². The monoisotopic (exact) mass is 279 g/mol. The van der Waals surface area contributed by atoms with E-state index < -0.39 is 11.6 Å². The molecule has 1 aliphatic rings. The number of hydrogen-bond acceptors (Lipinski definition) is 4. The lowest BCUT2D eigenvalue weighted by atomic mass is 10.0. The van der Waals surface area contributed by atoms with Crippen LogP contribution < -0.4 is 0 Å². The summed E-state index contributed by atoms with van der Waals surface area (Å²) in [5, 5.41) is 19.1. The summed E-state index contributed by atoms with van der Waals surface area (Å²) in [5.74, 6) is -0.576. The largest absolute Gasteiger partial charge is 0.507 e. The Labute approximate surface area is 118 Å². The van der Waals surface area contributed by atoms with Gasteiger partial charge in [0.25, 0.3) is 0 Å². The summed E-state index contributed by atoms with van der Waals surface area (Å²) in [4.78, 5) is 13.4. The number of aliphatic carboxylic acids is 1. The van der Waals surface area contributed by atoms with Gasteiger partial charge in [-0.15, -0.1) is 0 Å². The molecule has 0 aromatic heterocycles. The van der Waals surface area contributed by atoms with E-state index in [4.69, 9.17) is 4.74 Å². The van der Waals surface area contributed by atoms with Crippen molar-refractivity contribution < 1.29 is 19.7 Å². The molecule has 0 bridgehead atoms. The third-order valence-corrected chi connectivity index (χ3v) is 4.05. The van der Waals surface area contributed by atoms with Gasteiger partial charge in [0.15, 0.2) is 5.60 Å². The molecule has 0 saturated carbocycles. The van der Waals surface area contributed by atoms with E-state index in [1.54, 1.807) is 0 Å². The van der Waals surface area contributed by atoms with Gasteiger partial charge < -0.3 is 14.9 Å². The number of rotatable bonds is 4. The number of phenolic OH excluding ortho intramolecular Hbond substituents is 1. The van der Waals surface area contributed by atoms with Crippen molar-refractivity contribution in [2.24, 2.45) is 0 Å². The first-order valence-electron chi connectivity index (χ1n) is 6.68. The Hall–Kier alpha value is -1.59. The van der Waals surface area contributed by atoms with E-state index in [2.05, 4.69) is 4.90 Å². The first kappa shape index (κ1) is 14.8. The number of aromatic hydroxyl groups is 1. The van der Waals surface area contributed by atoms with Gasteiger partial charge in [-0.05, 0) is 30.5 Å². The van der Waals surface area contributed by atoms with Gasteiger partial charge in [-0.1, -0.05) is 12.1 Å². The van der Waals surface area contributed by atoms with Crippen molar-refractivity contribution >= 4 is 5.97 Å². The topological polar surface area (TPSA) is 70.0 Å². The number of methoxy groups -OCH3 is 1. The first-order valence-corrected chi connectivity index (χ1v) is 6.68. The predicted octanol–water partition coefficient (Wildman–Crippen LogP) is 1.68. The molecule has 1 aromatic rings. The number of phenols is 1. The summed E-state index contributed by atoms with van der Waals surface area (Å²) < 4.78 is 5.21. The van der Waals surface area contributed by atoms with Crippen molar-refractivity contribution in [2.45, 2.75) is 32.4 Å². The normalized spacial score (nSPS) is 23.1. The lowest BCUT2D eigenvalue weighted by Crippen LogP contribution is -2.43. The molecule has 0 spiro atoms. The lowest BCUT2D eigenvalue weighted by molar-refractivity contribution is -0.160. The van der Waals surface area contributed by atoms with E-state index in [1.807, 2.05) is 26.0 Å². The Morgan fingerprint density at radius 3 is 2.45 bits per heavy atom. The van der Waals surface area contributed by atoms with Crippen LogP contribution in [-0.4, -0.2) is 46.9 Å². The number of ether oxygens (including phenoxy) is 1. The van der Waals surface area contributed by atoms with Crippen LogP contribution in [0.2, 0.25) is 0 Å². The molecular formula is C15H21NO4. The third-order valence-electron chi connectivity index (χ3n) is 4.05. The van der Waals surface area contributed by atoms with E-state index in [0.717, 1.165) is 16.7 Å². The molecule has 110 valence electrons. The quantitative estimate of drug-likeness (QED) is 0.877. The number of nitrogens with zero attached hydrogens (tertiary/aromatic N) is 1. The minimum absolute atomic E-state index is 0.326. The van der Waals surface area contributed by atoms with Crippen molar-refractivity contribution in [2.75, 3.05) is 20.2 Å². The second-order valence-corrected chi connectivity index (χ2v) is 5.54. The molecule has 5 heteroatoms. The minimum Gasteiger partial charge on any atom is -0.507 e. The lowest BCUT2D eigenvalue weighted by Gasteiger charge is -2.23. The fourth-order valence-corrected chi connectivity index (χ4v) is 2.82. The van der Waals surface area contributed by atoms with Crippen LogP contribution in [0, 0.1) is 13.8 Å². The Kier molecular flexibility index (Phi) is 4.01. The third kappa shape index (κ3) is 2.64. The first-order chi connectivity index (χ1) is 9.38. The number of benzene rings is 1. The van der Waals surface area contributed by atoms with Gasteiger partial charge in [0, 0.05) is 33.2 Å². The van der Waals surface area contributed by atoms with E-state index in [9.17, 15) is 15.0 Å². The highest BCUT2D eigenvalue weighted by Gasteiger charge is 2.45. The van der Waals surface area contributed by atoms with Crippen molar-refractivity contribution in [1.82, 2.24) is 4.90 Å². The molecule has 1 fully saturated rings. The smallest absolute Gasteiger partial charge is 0.337 e. The van der Waals surface area contributed by atoms with Crippen LogP contribution >= 0.6 is 0 Å². The molecule has 2 rings (SSSR count). The molecule has 5 nitrogen and oxygen atoms in total. The maximum absolute atomic E-state index is 11.3.